The minimum atomic E-state index is -0.235. The lowest BCUT2D eigenvalue weighted by atomic mass is 10.1. The molecular weight excluding hydrogens is 350 g/mol. The summed E-state index contributed by atoms with van der Waals surface area (Å²) in [6, 6.07) is 11.3. The number of furan rings is 1. The Hall–Kier alpha value is -2.80. The van der Waals surface area contributed by atoms with Gasteiger partial charge >= 0.3 is 0 Å². The van der Waals surface area contributed by atoms with E-state index in [1.165, 1.54) is 18.0 Å². The minimum absolute atomic E-state index is 0.0117. The molecule has 1 fully saturated rings. The molecule has 3 rings (SSSR count). The Morgan fingerprint density at radius 1 is 1.35 bits per heavy atom. The summed E-state index contributed by atoms with van der Waals surface area (Å²) in [5, 5.41) is 8.56. The van der Waals surface area contributed by atoms with Crippen molar-refractivity contribution in [1.82, 2.24) is 4.90 Å². The topological polar surface area (TPSA) is 67.4 Å². The molecule has 2 aromatic rings. The van der Waals surface area contributed by atoms with Crippen LogP contribution >= 0.6 is 11.8 Å². The van der Waals surface area contributed by atoms with Crippen LogP contribution in [0.25, 0.3) is 0 Å². The molecule has 1 amide bonds. The zero-order valence-electron chi connectivity index (χ0n) is 14.4. The molecule has 0 aliphatic carbocycles. The maximum absolute atomic E-state index is 12.7. The van der Waals surface area contributed by atoms with E-state index < -0.39 is 0 Å². The molecule has 0 bridgehead atoms. The monoisotopic (exact) mass is 369 g/mol. The Labute approximate surface area is 156 Å². The summed E-state index contributed by atoms with van der Waals surface area (Å²) in [4.78, 5) is 14.3. The number of ether oxygens (including phenoxy) is 1. The van der Waals surface area contributed by atoms with Gasteiger partial charge in [0.25, 0.3) is 0 Å². The first-order chi connectivity index (χ1) is 12.7. The van der Waals surface area contributed by atoms with Gasteiger partial charge in [0.2, 0.25) is 5.91 Å². The van der Waals surface area contributed by atoms with Gasteiger partial charge in [0, 0.05) is 6.54 Å². The van der Waals surface area contributed by atoms with Crippen LogP contribution in [0.4, 0.5) is 0 Å². The van der Waals surface area contributed by atoms with E-state index >= 15 is 0 Å². The van der Waals surface area contributed by atoms with Crippen LogP contribution in [0.1, 0.15) is 11.3 Å². The van der Waals surface area contributed by atoms with Crippen molar-refractivity contribution < 1.29 is 13.9 Å². The molecule has 134 valence electrons. The van der Waals surface area contributed by atoms with Crippen LogP contribution in [0, 0.1) is 0 Å². The number of carbonyl (C=O) groups is 1. The van der Waals surface area contributed by atoms with Gasteiger partial charge in [-0.2, -0.15) is 5.10 Å². The SMILES string of the molecule is C=CCN1C(=O)[C@H](Cc2ccc(OC)cc2)SC1=NN=Cc1ccco1. The second kappa shape index (κ2) is 8.53. The lowest BCUT2D eigenvalue weighted by Crippen LogP contribution is -2.32. The third-order valence-electron chi connectivity index (χ3n) is 3.78. The predicted octanol–water partition coefficient (Wildman–Crippen LogP) is 3.35. The van der Waals surface area contributed by atoms with Crippen molar-refractivity contribution in [3.05, 3.63) is 66.6 Å². The van der Waals surface area contributed by atoms with Gasteiger partial charge in [-0.25, -0.2) is 0 Å². The molecule has 2 heterocycles. The lowest BCUT2D eigenvalue weighted by Gasteiger charge is -2.12. The number of amides is 1. The molecule has 1 aliphatic rings. The van der Waals surface area contributed by atoms with Gasteiger partial charge in [0.1, 0.15) is 11.5 Å². The molecular formula is C19H19N3O3S. The first-order valence-electron chi connectivity index (χ1n) is 8.07. The molecule has 1 atom stereocenters. The Morgan fingerprint density at radius 2 is 2.15 bits per heavy atom. The third-order valence-corrected chi connectivity index (χ3v) is 4.95. The molecule has 1 aliphatic heterocycles. The second-order valence-corrected chi connectivity index (χ2v) is 6.71. The molecule has 0 spiro atoms. The van der Waals surface area contributed by atoms with Crippen molar-refractivity contribution in [3.8, 4) is 5.75 Å². The zero-order valence-corrected chi connectivity index (χ0v) is 15.2. The van der Waals surface area contributed by atoms with Gasteiger partial charge in [0.15, 0.2) is 5.17 Å². The number of carbonyl (C=O) groups excluding carboxylic acids is 1. The summed E-state index contributed by atoms with van der Waals surface area (Å²) in [6.07, 6.45) is 5.38. The van der Waals surface area contributed by atoms with Gasteiger partial charge in [-0.3, -0.25) is 9.69 Å². The van der Waals surface area contributed by atoms with E-state index in [2.05, 4.69) is 16.8 Å². The van der Waals surface area contributed by atoms with E-state index in [1.54, 1.807) is 36.5 Å². The Kier molecular flexibility index (Phi) is 5.91. The predicted molar refractivity (Wildman–Crippen MR) is 104 cm³/mol. The molecule has 7 heteroatoms. The van der Waals surface area contributed by atoms with Crippen LogP contribution in [0.5, 0.6) is 5.75 Å². The van der Waals surface area contributed by atoms with Crippen LogP contribution in [0.2, 0.25) is 0 Å². The number of rotatable bonds is 7. The smallest absolute Gasteiger partial charge is 0.242 e. The Balaban J connectivity index is 1.73. The van der Waals surface area contributed by atoms with Crippen molar-refractivity contribution in [2.45, 2.75) is 11.7 Å². The zero-order chi connectivity index (χ0) is 18.4. The number of amidine groups is 1. The molecule has 1 aromatic carbocycles. The lowest BCUT2D eigenvalue weighted by molar-refractivity contribution is -0.125. The molecule has 26 heavy (non-hydrogen) atoms. The Morgan fingerprint density at radius 3 is 2.81 bits per heavy atom. The van der Waals surface area contributed by atoms with Gasteiger partial charge in [0.05, 0.1) is 24.8 Å². The van der Waals surface area contributed by atoms with Crippen molar-refractivity contribution in [1.29, 1.82) is 0 Å². The molecule has 0 saturated carbocycles. The summed E-state index contributed by atoms with van der Waals surface area (Å²) < 4.78 is 10.3. The summed E-state index contributed by atoms with van der Waals surface area (Å²) in [7, 11) is 1.63. The standard InChI is InChI=1S/C19H19N3O3S/c1-3-10-22-18(23)17(12-14-6-8-15(24-2)9-7-14)26-19(22)21-20-13-16-5-4-11-25-16/h3-9,11,13,17H,1,10,12H2,2H3/t17-/m0/s1. The molecule has 1 aromatic heterocycles. The van der Waals surface area contributed by atoms with Crippen LogP contribution in [0.3, 0.4) is 0 Å². The Bertz CT molecular complexity index is 813. The molecule has 1 saturated heterocycles. The van der Waals surface area contributed by atoms with Crippen LogP contribution in [0.15, 0.2) is 69.9 Å². The van der Waals surface area contributed by atoms with E-state index in [4.69, 9.17) is 9.15 Å². The molecule has 6 nitrogen and oxygen atoms in total. The third kappa shape index (κ3) is 4.23. The maximum Gasteiger partial charge on any atom is 0.242 e. The van der Waals surface area contributed by atoms with E-state index in [0.29, 0.717) is 23.9 Å². The quantitative estimate of drug-likeness (QED) is 0.426. The van der Waals surface area contributed by atoms with Crippen molar-refractivity contribution in [2.24, 2.45) is 10.2 Å². The van der Waals surface area contributed by atoms with E-state index in [9.17, 15) is 4.79 Å². The highest BCUT2D eigenvalue weighted by Gasteiger charge is 2.37. The molecule has 0 radical (unpaired) electrons. The highest BCUT2D eigenvalue weighted by molar-refractivity contribution is 8.15. The highest BCUT2D eigenvalue weighted by atomic mass is 32.2. The fraction of sp³-hybridized carbons (Fsp3) is 0.211. The number of hydrogen-bond donors (Lipinski definition) is 0. The average Bonchev–Trinajstić information content (AvgIpc) is 3.27. The van der Waals surface area contributed by atoms with E-state index in [1.807, 2.05) is 24.3 Å². The summed E-state index contributed by atoms with van der Waals surface area (Å²) in [5.74, 6) is 1.41. The van der Waals surface area contributed by atoms with Crippen LogP contribution in [-0.2, 0) is 11.2 Å². The fourth-order valence-corrected chi connectivity index (χ4v) is 3.63. The van der Waals surface area contributed by atoms with E-state index in [-0.39, 0.29) is 11.2 Å². The van der Waals surface area contributed by atoms with Crippen molar-refractivity contribution in [3.63, 3.8) is 0 Å². The maximum atomic E-state index is 12.7. The summed E-state index contributed by atoms with van der Waals surface area (Å²) in [5.41, 5.74) is 1.07. The van der Waals surface area contributed by atoms with Gasteiger partial charge < -0.3 is 9.15 Å². The van der Waals surface area contributed by atoms with Crippen molar-refractivity contribution >= 4 is 29.1 Å². The number of benzene rings is 1. The second-order valence-electron chi connectivity index (χ2n) is 5.54. The highest BCUT2D eigenvalue weighted by Crippen LogP contribution is 2.30. The largest absolute Gasteiger partial charge is 0.497 e. The normalized spacial score (nSPS) is 18.8. The average molecular weight is 369 g/mol. The summed E-state index contributed by atoms with van der Waals surface area (Å²) in [6.45, 7) is 4.12. The number of methoxy groups -OCH3 is 1. The van der Waals surface area contributed by atoms with Gasteiger partial charge in [-0.15, -0.1) is 11.7 Å². The first kappa shape index (κ1) is 18.0. The first-order valence-corrected chi connectivity index (χ1v) is 8.95. The number of nitrogens with zero attached hydrogens (tertiary/aromatic N) is 3. The van der Waals surface area contributed by atoms with Crippen LogP contribution < -0.4 is 4.74 Å². The van der Waals surface area contributed by atoms with Crippen LogP contribution in [-0.4, -0.2) is 41.1 Å². The van der Waals surface area contributed by atoms with E-state index in [0.717, 1.165) is 11.3 Å². The van der Waals surface area contributed by atoms with Crippen molar-refractivity contribution in [2.75, 3.05) is 13.7 Å². The fourth-order valence-electron chi connectivity index (χ4n) is 2.49. The van der Waals surface area contributed by atoms with Gasteiger partial charge in [-0.1, -0.05) is 30.0 Å². The van der Waals surface area contributed by atoms with Gasteiger partial charge in [-0.05, 0) is 36.2 Å². The molecule has 0 unspecified atom stereocenters. The molecule has 0 N–H and O–H groups in total. The number of hydrogen-bond acceptors (Lipinski definition) is 6. The minimum Gasteiger partial charge on any atom is -0.497 e. The summed E-state index contributed by atoms with van der Waals surface area (Å²) >= 11 is 1.41. The number of thioether (sulfide) groups is 1.